The van der Waals surface area contributed by atoms with Gasteiger partial charge in [-0.2, -0.15) is 0 Å². The number of likely N-dealkylation sites (N-methyl/N-ethyl adjacent to an activating group) is 1. The molecule has 3 aromatic rings. The average Bonchev–Trinajstić information content (AvgIpc) is 3.48. The Balaban J connectivity index is 1.35. The van der Waals surface area contributed by atoms with E-state index in [2.05, 4.69) is 79.0 Å². The van der Waals surface area contributed by atoms with Crippen molar-refractivity contribution in [3.8, 4) is 11.3 Å². The number of nitrogens with zero attached hydrogens (tertiary/aromatic N) is 6. The molecule has 0 amide bonds. The number of likely N-dealkylation sites (tertiary alicyclic amines) is 1. The predicted molar refractivity (Wildman–Crippen MR) is 160 cm³/mol. The van der Waals surface area contributed by atoms with Crippen molar-refractivity contribution in [3.05, 3.63) is 70.3 Å². The molecule has 2 aliphatic rings. The van der Waals surface area contributed by atoms with Crippen LogP contribution in [0.15, 0.2) is 53.9 Å². The third kappa shape index (κ3) is 7.53. The molecule has 2 fully saturated rings. The number of aryl methyl sites for hydroxylation is 1. The zero-order chi connectivity index (χ0) is 27.7. The Morgan fingerprint density at radius 2 is 1.88 bits per heavy atom. The quantitative estimate of drug-likeness (QED) is 0.196. The number of morpholine rings is 1. The average molecular weight is 545 g/mol. The van der Waals surface area contributed by atoms with Crippen molar-refractivity contribution < 1.29 is 4.74 Å². The molecule has 2 aromatic carbocycles. The number of anilines is 3. The summed E-state index contributed by atoms with van der Waals surface area (Å²) in [6, 6.07) is 15.1. The zero-order valence-electron chi connectivity index (χ0n) is 23.6. The SMILES string of the molecule is Cc1ccc(-c2ccnc(Nc3cc(CN4CCCC4)cc(N4CCOCC4)c3)n2)cc1CN(C)CCNN=O. The molecule has 0 radical (unpaired) electrons. The fourth-order valence-electron chi connectivity index (χ4n) is 5.41. The third-order valence-electron chi connectivity index (χ3n) is 7.63. The summed E-state index contributed by atoms with van der Waals surface area (Å²) < 4.78 is 5.59. The molecule has 2 N–H and O–H groups in total. The van der Waals surface area contributed by atoms with E-state index in [4.69, 9.17) is 9.72 Å². The number of ether oxygens (including phenoxy) is 1. The molecule has 5 rings (SSSR count). The van der Waals surface area contributed by atoms with Gasteiger partial charge in [0.1, 0.15) is 0 Å². The van der Waals surface area contributed by atoms with Crippen LogP contribution in [0.25, 0.3) is 11.3 Å². The van der Waals surface area contributed by atoms with Crippen LogP contribution in [-0.4, -0.2) is 79.3 Å². The summed E-state index contributed by atoms with van der Waals surface area (Å²) in [5.74, 6) is 0.579. The Bertz CT molecular complexity index is 1270. The maximum absolute atomic E-state index is 10.3. The second-order valence-corrected chi connectivity index (χ2v) is 10.7. The smallest absolute Gasteiger partial charge is 0.227 e. The maximum atomic E-state index is 10.3. The van der Waals surface area contributed by atoms with E-state index in [1.165, 1.54) is 35.2 Å². The van der Waals surface area contributed by atoms with Gasteiger partial charge < -0.3 is 19.9 Å². The van der Waals surface area contributed by atoms with Gasteiger partial charge in [0.2, 0.25) is 5.95 Å². The molecule has 1 aromatic heterocycles. The molecule has 10 heteroatoms. The molecule has 212 valence electrons. The number of nitroso groups, excluding NO2 is 1. The molecule has 2 aliphatic heterocycles. The van der Waals surface area contributed by atoms with Gasteiger partial charge in [0.15, 0.2) is 0 Å². The van der Waals surface area contributed by atoms with E-state index in [1.54, 1.807) is 0 Å². The summed E-state index contributed by atoms with van der Waals surface area (Å²) in [5, 5.41) is 6.22. The van der Waals surface area contributed by atoms with Gasteiger partial charge in [0.05, 0.1) is 18.9 Å². The first-order chi connectivity index (χ1) is 19.6. The highest BCUT2D eigenvalue weighted by Gasteiger charge is 2.17. The normalized spacial score (nSPS) is 15.9. The highest BCUT2D eigenvalue weighted by molar-refractivity contribution is 5.66. The lowest BCUT2D eigenvalue weighted by Crippen LogP contribution is -2.36. The Kier molecular flexibility index (Phi) is 9.54. The van der Waals surface area contributed by atoms with Crippen LogP contribution in [0.2, 0.25) is 0 Å². The van der Waals surface area contributed by atoms with Crippen molar-refractivity contribution >= 4 is 17.3 Å². The first-order valence-corrected chi connectivity index (χ1v) is 14.2. The molecule has 0 saturated carbocycles. The number of benzene rings is 2. The minimum absolute atomic E-state index is 0.520. The molecular formula is C30H40N8O2. The van der Waals surface area contributed by atoms with E-state index in [1.807, 2.05) is 19.3 Å². The van der Waals surface area contributed by atoms with Crippen molar-refractivity contribution in [2.75, 3.05) is 69.7 Å². The van der Waals surface area contributed by atoms with Gasteiger partial charge in [-0.1, -0.05) is 12.1 Å². The Labute approximate surface area is 236 Å². The summed E-state index contributed by atoms with van der Waals surface area (Å²) in [5.41, 5.74) is 10.3. The van der Waals surface area contributed by atoms with Gasteiger partial charge >= 0.3 is 0 Å². The minimum atomic E-state index is 0.520. The van der Waals surface area contributed by atoms with E-state index >= 15 is 0 Å². The first-order valence-electron chi connectivity index (χ1n) is 14.2. The molecule has 0 spiro atoms. The highest BCUT2D eigenvalue weighted by atomic mass is 16.5. The fourth-order valence-corrected chi connectivity index (χ4v) is 5.41. The Morgan fingerprint density at radius 1 is 1.05 bits per heavy atom. The second-order valence-electron chi connectivity index (χ2n) is 10.7. The summed E-state index contributed by atoms with van der Waals surface area (Å²) in [4.78, 5) is 26.8. The van der Waals surface area contributed by atoms with Crippen LogP contribution in [0, 0.1) is 11.8 Å². The molecular weight excluding hydrogens is 504 g/mol. The van der Waals surface area contributed by atoms with E-state index in [0.29, 0.717) is 12.5 Å². The van der Waals surface area contributed by atoms with E-state index in [0.717, 1.165) is 76.0 Å². The maximum Gasteiger partial charge on any atom is 0.227 e. The summed E-state index contributed by atoms with van der Waals surface area (Å²) >= 11 is 0. The lowest BCUT2D eigenvalue weighted by molar-refractivity contribution is 0.122. The van der Waals surface area contributed by atoms with Crippen molar-refractivity contribution in [3.63, 3.8) is 0 Å². The monoisotopic (exact) mass is 544 g/mol. The van der Waals surface area contributed by atoms with Gasteiger partial charge in [-0.15, -0.1) is 4.91 Å². The first kappa shape index (κ1) is 27.9. The number of hydrogen-bond donors (Lipinski definition) is 2. The van der Waals surface area contributed by atoms with Crippen LogP contribution in [0.3, 0.4) is 0 Å². The molecule has 0 atom stereocenters. The topological polar surface area (TPSA) is 98.2 Å². The summed E-state index contributed by atoms with van der Waals surface area (Å²) in [6.45, 7) is 10.7. The van der Waals surface area contributed by atoms with Gasteiger partial charge in [0.25, 0.3) is 0 Å². The Hall–Kier alpha value is -3.60. The lowest BCUT2D eigenvalue weighted by Gasteiger charge is -2.30. The highest BCUT2D eigenvalue weighted by Crippen LogP contribution is 2.28. The minimum Gasteiger partial charge on any atom is -0.378 e. The van der Waals surface area contributed by atoms with Gasteiger partial charge in [0, 0.05) is 67.7 Å². The lowest BCUT2D eigenvalue weighted by atomic mass is 10.0. The van der Waals surface area contributed by atoms with Crippen LogP contribution in [0.1, 0.15) is 29.5 Å². The molecule has 2 saturated heterocycles. The number of aromatic nitrogens is 2. The van der Waals surface area contributed by atoms with Crippen molar-refractivity contribution in [2.45, 2.75) is 32.9 Å². The number of hydrogen-bond acceptors (Lipinski definition) is 9. The molecule has 40 heavy (non-hydrogen) atoms. The van der Waals surface area contributed by atoms with Crippen molar-refractivity contribution in [1.29, 1.82) is 0 Å². The Morgan fingerprint density at radius 3 is 2.67 bits per heavy atom. The summed E-state index contributed by atoms with van der Waals surface area (Å²) in [6.07, 6.45) is 4.37. The van der Waals surface area contributed by atoms with Crippen LogP contribution < -0.4 is 15.6 Å². The summed E-state index contributed by atoms with van der Waals surface area (Å²) in [7, 11) is 2.04. The van der Waals surface area contributed by atoms with E-state index < -0.39 is 0 Å². The molecule has 0 unspecified atom stereocenters. The molecule has 3 heterocycles. The van der Waals surface area contributed by atoms with Crippen LogP contribution in [0.5, 0.6) is 0 Å². The van der Waals surface area contributed by atoms with Crippen LogP contribution in [-0.2, 0) is 17.8 Å². The van der Waals surface area contributed by atoms with Gasteiger partial charge in [-0.25, -0.2) is 9.97 Å². The van der Waals surface area contributed by atoms with Crippen molar-refractivity contribution in [2.24, 2.45) is 5.29 Å². The van der Waals surface area contributed by atoms with Gasteiger partial charge in [-0.05, 0) is 86.9 Å². The van der Waals surface area contributed by atoms with Gasteiger partial charge in [-0.3, -0.25) is 10.3 Å². The van der Waals surface area contributed by atoms with Crippen LogP contribution >= 0.6 is 0 Å². The molecule has 0 bridgehead atoms. The van der Waals surface area contributed by atoms with E-state index in [-0.39, 0.29) is 0 Å². The standard InChI is InChI=1S/C30H40N8O2/c1-23-5-6-25(19-26(23)22-36(2)12-9-32-35-39)29-7-8-31-30(34-29)33-27-17-24(21-37-10-3-4-11-37)18-28(20-27)38-13-15-40-16-14-38/h5-8,17-20H,3-4,9-16,21-22H2,1-2H3,(H,32,39)(H,31,33,34). The fraction of sp³-hybridized carbons (Fsp3) is 0.467. The largest absolute Gasteiger partial charge is 0.378 e. The third-order valence-corrected chi connectivity index (χ3v) is 7.63. The second kappa shape index (κ2) is 13.6. The van der Waals surface area contributed by atoms with E-state index in [9.17, 15) is 4.91 Å². The number of rotatable bonds is 12. The number of nitrogens with one attached hydrogen (secondary N) is 2. The molecule has 0 aliphatic carbocycles. The van der Waals surface area contributed by atoms with Crippen LogP contribution in [0.4, 0.5) is 17.3 Å². The predicted octanol–water partition coefficient (Wildman–Crippen LogP) is 4.33. The molecule has 10 nitrogen and oxygen atoms in total. The zero-order valence-corrected chi connectivity index (χ0v) is 23.6. The van der Waals surface area contributed by atoms with Crippen molar-refractivity contribution in [1.82, 2.24) is 25.2 Å².